The van der Waals surface area contributed by atoms with Crippen molar-refractivity contribution in [1.82, 2.24) is 4.90 Å². The number of methoxy groups -OCH3 is 1. The van der Waals surface area contributed by atoms with Crippen LogP contribution in [0.1, 0.15) is 12.5 Å². The van der Waals surface area contributed by atoms with E-state index < -0.39 is 5.41 Å². The average Bonchev–Trinajstić information content (AvgIpc) is 2.41. The van der Waals surface area contributed by atoms with E-state index in [4.69, 9.17) is 9.47 Å². The molecule has 104 valence electrons. The first kappa shape index (κ1) is 14.0. The van der Waals surface area contributed by atoms with Gasteiger partial charge in [0.2, 0.25) is 0 Å². The summed E-state index contributed by atoms with van der Waals surface area (Å²) in [7, 11) is 1.44. The quantitative estimate of drug-likeness (QED) is 0.732. The zero-order chi connectivity index (χ0) is 13.7. The van der Waals surface area contributed by atoms with E-state index in [1.54, 1.807) is 0 Å². The van der Waals surface area contributed by atoms with Gasteiger partial charge in [-0.05, 0) is 12.1 Å². The molecule has 0 atom stereocenters. The Hall–Kier alpha value is -1.39. The zero-order valence-electron chi connectivity index (χ0n) is 11.6. The molecule has 0 saturated carbocycles. The Morgan fingerprint density at radius 3 is 2.53 bits per heavy atom. The van der Waals surface area contributed by atoms with Crippen molar-refractivity contribution in [2.24, 2.45) is 5.41 Å². The predicted molar refractivity (Wildman–Crippen MR) is 72.7 cm³/mol. The summed E-state index contributed by atoms with van der Waals surface area (Å²) < 4.78 is 10.1. The van der Waals surface area contributed by atoms with E-state index >= 15 is 0 Å². The number of esters is 1. The van der Waals surface area contributed by atoms with Crippen LogP contribution in [-0.2, 0) is 20.8 Å². The fourth-order valence-corrected chi connectivity index (χ4v) is 2.39. The van der Waals surface area contributed by atoms with Gasteiger partial charge in [-0.15, -0.1) is 0 Å². The molecule has 1 saturated heterocycles. The fourth-order valence-electron chi connectivity index (χ4n) is 2.39. The number of carbonyl (C=O) groups is 1. The van der Waals surface area contributed by atoms with Gasteiger partial charge in [0.15, 0.2) is 0 Å². The summed E-state index contributed by atoms with van der Waals surface area (Å²) in [6.45, 7) is 5.46. The van der Waals surface area contributed by atoms with Crippen LogP contribution in [0.4, 0.5) is 0 Å². The highest BCUT2D eigenvalue weighted by Gasteiger charge is 2.48. The highest BCUT2D eigenvalue weighted by atomic mass is 16.5. The van der Waals surface area contributed by atoms with E-state index in [1.807, 2.05) is 18.2 Å². The van der Waals surface area contributed by atoms with E-state index in [0.717, 1.165) is 13.1 Å². The molecule has 1 aliphatic rings. The van der Waals surface area contributed by atoms with Crippen LogP contribution in [0.3, 0.4) is 0 Å². The van der Waals surface area contributed by atoms with Crippen LogP contribution >= 0.6 is 0 Å². The number of carbonyl (C=O) groups excluding carboxylic acids is 1. The van der Waals surface area contributed by atoms with Crippen molar-refractivity contribution < 1.29 is 14.3 Å². The topological polar surface area (TPSA) is 38.8 Å². The number of ether oxygens (including phenoxy) is 2. The molecule has 1 aliphatic heterocycles. The molecule has 19 heavy (non-hydrogen) atoms. The van der Waals surface area contributed by atoms with Crippen molar-refractivity contribution in [2.45, 2.75) is 13.5 Å². The van der Waals surface area contributed by atoms with Gasteiger partial charge in [-0.2, -0.15) is 0 Å². The van der Waals surface area contributed by atoms with Gasteiger partial charge in [-0.25, -0.2) is 0 Å². The van der Waals surface area contributed by atoms with Crippen molar-refractivity contribution in [3.05, 3.63) is 35.9 Å². The molecule has 0 N–H and O–H groups in total. The molecule has 0 spiro atoms. The minimum absolute atomic E-state index is 0.162. The SMILES string of the molecule is CCN(Cc1ccccc1)CC1(C(=O)OC)COC1. The molecule has 1 heterocycles. The Balaban J connectivity index is 2.00. The van der Waals surface area contributed by atoms with E-state index in [9.17, 15) is 4.79 Å². The monoisotopic (exact) mass is 263 g/mol. The molecule has 1 aromatic carbocycles. The maximum Gasteiger partial charge on any atom is 0.317 e. The minimum Gasteiger partial charge on any atom is -0.468 e. The first-order valence-corrected chi connectivity index (χ1v) is 6.62. The Bertz CT molecular complexity index is 415. The second-order valence-corrected chi connectivity index (χ2v) is 5.05. The average molecular weight is 263 g/mol. The van der Waals surface area contributed by atoms with Gasteiger partial charge in [0.25, 0.3) is 0 Å². The van der Waals surface area contributed by atoms with E-state index in [-0.39, 0.29) is 5.97 Å². The molecule has 0 unspecified atom stereocenters. The smallest absolute Gasteiger partial charge is 0.317 e. The maximum atomic E-state index is 11.9. The number of benzene rings is 1. The van der Waals surface area contributed by atoms with Gasteiger partial charge in [0.1, 0.15) is 5.41 Å². The summed E-state index contributed by atoms with van der Waals surface area (Å²) in [5.74, 6) is -0.162. The second-order valence-electron chi connectivity index (χ2n) is 5.05. The highest BCUT2D eigenvalue weighted by Crippen LogP contribution is 2.30. The van der Waals surface area contributed by atoms with Gasteiger partial charge in [0, 0.05) is 13.1 Å². The van der Waals surface area contributed by atoms with Crippen LogP contribution in [0, 0.1) is 5.41 Å². The lowest BCUT2D eigenvalue weighted by Gasteiger charge is -2.41. The van der Waals surface area contributed by atoms with Crippen molar-refractivity contribution in [1.29, 1.82) is 0 Å². The summed E-state index contributed by atoms with van der Waals surface area (Å²) in [5.41, 5.74) is 0.782. The number of hydrogen-bond acceptors (Lipinski definition) is 4. The number of nitrogens with zero attached hydrogens (tertiary/aromatic N) is 1. The van der Waals surface area contributed by atoms with Gasteiger partial charge in [0.05, 0.1) is 20.3 Å². The molecule has 4 heteroatoms. The Kier molecular flexibility index (Phi) is 4.56. The molecule has 1 aromatic rings. The standard InChI is InChI=1S/C15H21NO3/c1-3-16(9-13-7-5-4-6-8-13)10-15(11-19-12-15)14(17)18-2/h4-8H,3,9-12H2,1-2H3. The molecule has 1 fully saturated rings. The largest absolute Gasteiger partial charge is 0.468 e. The van der Waals surface area contributed by atoms with Crippen molar-refractivity contribution in [3.8, 4) is 0 Å². The van der Waals surface area contributed by atoms with Crippen molar-refractivity contribution in [3.63, 3.8) is 0 Å². The first-order valence-electron chi connectivity index (χ1n) is 6.62. The Labute approximate surface area is 114 Å². The summed E-state index contributed by atoms with van der Waals surface area (Å²) in [6.07, 6.45) is 0. The van der Waals surface area contributed by atoms with Gasteiger partial charge < -0.3 is 9.47 Å². The lowest BCUT2D eigenvalue weighted by molar-refractivity contribution is -0.187. The molecular formula is C15H21NO3. The fraction of sp³-hybridized carbons (Fsp3) is 0.533. The lowest BCUT2D eigenvalue weighted by Crippen LogP contribution is -2.56. The van der Waals surface area contributed by atoms with Crippen LogP contribution in [0.2, 0.25) is 0 Å². The Morgan fingerprint density at radius 1 is 1.37 bits per heavy atom. The molecule has 0 radical (unpaired) electrons. The second kappa shape index (κ2) is 6.17. The van der Waals surface area contributed by atoms with Crippen LogP contribution < -0.4 is 0 Å². The molecule has 0 amide bonds. The van der Waals surface area contributed by atoms with Crippen molar-refractivity contribution in [2.75, 3.05) is 33.4 Å². The van der Waals surface area contributed by atoms with Gasteiger partial charge in [-0.1, -0.05) is 37.3 Å². The zero-order valence-corrected chi connectivity index (χ0v) is 11.6. The summed E-state index contributed by atoms with van der Waals surface area (Å²) in [5, 5.41) is 0. The third kappa shape index (κ3) is 3.14. The molecule has 0 bridgehead atoms. The van der Waals surface area contributed by atoms with E-state index in [1.165, 1.54) is 12.7 Å². The first-order chi connectivity index (χ1) is 9.20. The van der Waals surface area contributed by atoms with E-state index in [2.05, 4.69) is 24.0 Å². The third-order valence-corrected chi connectivity index (χ3v) is 3.60. The van der Waals surface area contributed by atoms with Crippen LogP contribution in [-0.4, -0.2) is 44.3 Å². The molecular weight excluding hydrogens is 242 g/mol. The summed E-state index contributed by atoms with van der Waals surface area (Å²) >= 11 is 0. The molecule has 0 aliphatic carbocycles. The van der Waals surface area contributed by atoms with Crippen LogP contribution in [0.5, 0.6) is 0 Å². The van der Waals surface area contributed by atoms with Crippen LogP contribution in [0.25, 0.3) is 0 Å². The number of rotatable bonds is 6. The molecule has 0 aromatic heterocycles. The van der Waals surface area contributed by atoms with Gasteiger partial charge in [-0.3, -0.25) is 9.69 Å². The molecule has 2 rings (SSSR count). The summed E-state index contributed by atoms with van der Waals surface area (Å²) in [4.78, 5) is 14.1. The molecule has 4 nitrogen and oxygen atoms in total. The Morgan fingerprint density at radius 2 is 2.05 bits per heavy atom. The number of hydrogen-bond donors (Lipinski definition) is 0. The lowest BCUT2D eigenvalue weighted by atomic mass is 9.85. The minimum atomic E-state index is -0.473. The van der Waals surface area contributed by atoms with E-state index in [0.29, 0.717) is 19.8 Å². The van der Waals surface area contributed by atoms with Gasteiger partial charge >= 0.3 is 5.97 Å². The normalized spacial score (nSPS) is 17.0. The third-order valence-electron chi connectivity index (χ3n) is 3.60. The predicted octanol–water partition coefficient (Wildman–Crippen LogP) is 1.70. The highest BCUT2D eigenvalue weighted by molar-refractivity contribution is 5.78. The van der Waals surface area contributed by atoms with Crippen LogP contribution in [0.15, 0.2) is 30.3 Å². The maximum absolute atomic E-state index is 11.9. The van der Waals surface area contributed by atoms with Crippen molar-refractivity contribution >= 4 is 5.97 Å². The summed E-state index contributed by atoms with van der Waals surface area (Å²) in [6, 6.07) is 10.3.